The van der Waals surface area contributed by atoms with Gasteiger partial charge in [-0.3, -0.25) is 0 Å². The quantitative estimate of drug-likeness (QED) is 0.309. The van der Waals surface area contributed by atoms with Gasteiger partial charge in [-0.1, -0.05) is 48.5 Å². The van der Waals surface area contributed by atoms with Crippen LogP contribution >= 0.6 is 0 Å². The molecule has 0 aliphatic carbocycles. The van der Waals surface area contributed by atoms with Crippen molar-refractivity contribution in [2.75, 3.05) is 25.1 Å². The summed E-state index contributed by atoms with van der Waals surface area (Å²) in [5.74, 6) is -0.321. The molecule has 0 bridgehead atoms. The maximum atomic E-state index is 14.2. The molecule has 5 heteroatoms. The average molecular weight is 483 g/mol. The topological polar surface area (TPSA) is 41.6 Å². The van der Waals surface area contributed by atoms with Gasteiger partial charge in [0.1, 0.15) is 5.82 Å². The highest BCUT2D eigenvalue weighted by Gasteiger charge is 2.27. The van der Waals surface area contributed by atoms with Gasteiger partial charge < -0.3 is 15.0 Å². The molecule has 1 heterocycles. The predicted octanol–water partition coefficient (Wildman–Crippen LogP) is 6.74. The standard InChI is InChI=1S/C31H31FN2O2/c1-20-11-13-26(17-29(20)31(35)36-3)34-19-22(15-24-16-25(32)12-14-30(24)34)18-33-21(2)27-10-6-8-23-7-4-5-9-28(23)27/h4-14,16-17,21-22,33H,15,18-19H2,1-3H3. The van der Waals surface area contributed by atoms with Crippen LogP contribution in [0.15, 0.2) is 78.9 Å². The average Bonchev–Trinajstić information content (AvgIpc) is 2.90. The molecule has 2 atom stereocenters. The first kappa shape index (κ1) is 24.0. The van der Waals surface area contributed by atoms with E-state index in [1.165, 1.54) is 29.5 Å². The number of halogens is 1. The van der Waals surface area contributed by atoms with E-state index in [1.807, 2.05) is 31.2 Å². The Balaban J connectivity index is 1.41. The number of fused-ring (bicyclic) bond motifs is 2. The van der Waals surface area contributed by atoms with E-state index >= 15 is 0 Å². The Hall–Kier alpha value is -3.70. The Labute approximate surface area is 211 Å². The highest BCUT2D eigenvalue weighted by atomic mass is 19.1. The third-order valence-electron chi connectivity index (χ3n) is 7.22. The van der Waals surface area contributed by atoms with Gasteiger partial charge in [0.2, 0.25) is 0 Å². The minimum Gasteiger partial charge on any atom is -0.465 e. The number of ether oxygens (including phenoxy) is 1. The molecule has 1 aliphatic heterocycles. The van der Waals surface area contributed by atoms with Crippen LogP contribution in [0.3, 0.4) is 0 Å². The number of methoxy groups -OCH3 is 1. The molecule has 184 valence electrons. The van der Waals surface area contributed by atoms with E-state index in [0.29, 0.717) is 5.56 Å². The van der Waals surface area contributed by atoms with Gasteiger partial charge in [-0.15, -0.1) is 0 Å². The van der Waals surface area contributed by atoms with Gasteiger partial charge in [0, 0.05) is 30.5 Å². The van der Waals surface area contributed by atoms with Crippen LogP contribution in [0, 0.1) is 18.7 Å². The number of hydrogen-bond acceptors (Lipinski definition) is 4. The molecule has 0 spiro atoms. The fraction of sp³-hybridized carbons (Fsp3) is 0.258. The number of nitrogens with one attached hydrogen (secondary N) is 1. The summed E-state index contributed by atoms with van der Waals surface area (Å²) in [7, 11) is 1.40. The third-order valence-corrected chi connectivity index (χ3v) is 7.22. The highest BCUT2D eigenvalue weighted by Crippen LogP contribution is 2.37. The molecule has 0 amide bonds. The lowest BCUT2D eigenvalue weighted by molar-refractivity contribution is 0.0600. The number of nitrogens with zero attached hydrogens (tertiary/aromatic N) is 1. The van der Waals surface area contributed by atoms with Crippen molar-refractivity contribution in [2.24, 2.45) is 5.92 Å². The van der Waals surface area contributed by atoms with Gasteiger partial charge in [0.05, 0.1) is 12.7 Å². The Morgan fingerprint density at radius 1 is 1.08 bits per heavy atom. The maximum absolute atomic E-state index is 14.2. The summed E-state index contributed by atoms with van der Waals surface area (Å²) in [6.45, 7) is 5.64. The predicted molar refractivity (Wildman–Crippen MR) is 143 cm³/mol. The van der Waals surface area contributed by atoms with E-state index in [4.69, 9.17) is 4.74 Å². The summed E-state index contributed by atoms with van der Waals surface area (Å²) >= 11 is 0. The molecule has 0 saturated heterocycles. The van der Waals surface area contributed by atoms with Gasteiger partial charge in [0.25, 0.3) is 0 Å². The van der Waals surface area contributed by atoms with E-state index in [1.54, 1.807) is 6.07 Å². The van der Waals surface area contributed by atoms with E-state index in [9.17, 15) is 9.18 Å². The summed E-state index contributed by atoms with van der Waals surface area (Å²) in [5, 5.41) is 6.22. The summed E-state index contributed by atoms with van der Waals surface area (Å²) in [4.78, 5) is 14.5. The summed E-state index contributed by atoms with van der Waals surface area (Å²) in [6, 6.07) is 25.9. The molecule has 0 saturated carbocycles. The molecule has 4 nitrogen and oxygen atoms in total. The monoisotopic (exact) mass is 482 g/mol. The van der Waals surface area contributed by atoms with Crippen LogP contribution in [-0.4, -0.2) is 26.2 Å². The number of esters is 1. The van der Waals surface area contributed by atoms with Crippen LogP contribution in [0.1, 0.15) is 40.0 Å². The number of aryl methyl sites for hydroxylation is 1. The van der Waals surface area contributed by atoms with Crippen molar-refractivity contribution in [1.82, 2.24) is 5.32 Å². The number of carbonyl (C=O) groups is 1. The van der Waals surface area contributed by atoms with Crippen LogP contribution in [0.25, 0.3) is 10.8 Å². The first-order chi connectivity index (χ1) is 17.4. The lowest BCUT2D eigenvalue weighted by Crippen LogP contribution is -2.38. The SMILES string of the molecule is COC(=O)c1cc(N2CC(CNC(C)c3cccc4ccccc34)Cc3cc(F)ccc32)ccc1C. The summed E-state index contributed by atoms with van der Waals surface area (Å²) < 4.78 is 19.2. The summed E-state index contributed by atoms with van der Waals surface area (Å²) in [6.07, 6.45) is 0.786. The van der Waals surface area contributed by atoms with Crippen LogP contribution in [0.4, 0.5) is 15.8 Å². The Morgan fingerprint density at radius 3 is 2.72 bits per heavy atom. The second-order valence-corrected chi connectivity index (χ2v) is 9.64. The number of benzene rings is 4. The molecule has 36 heavy (non-hydrogen) atoms. The van der Waals surface area contributed by atoms with Crippen molar-refractivity contribution in [2.45, 2.75) is 26.3 Å². The molecule has 4 aromatic carbocycles. The largest absolute Gasteiger partial charge is 0.465 e. The zero-order valence-electron chi connectivity index (χ0n) is 20.9. The Bertz CT molecular complexity index is 1410. The van der Waals surface area contributed by atoms with Gasteiger partial charge in [-0.2, -0.15) is 0 Å². The Kier molecular flexibility index (Phi) is 6.75. The van der Waals surface area contributed by atoms with E-state index in [2.05, 4.69) is 59.6 Å². The molecule has 2 unspecified atom stereocenters. The van der Waals surface area contributed by atoms with Gasteiger partial charge in [-0.25, -0.2) is 9.18 Å². The highest BCUT2D eigenvalue weighted by molar-refractivity contribution is 5.92. The fourth-order valence-electron chi connectivity index (χ4n) is 5.28. The van der Waals surface area contributed by atoms with Crippen molar-refractivity contribution in [3.05, 3.63) is 107 Å². The first-order valence-electron chi connectivity index (χ1n) is 12.4. The second kappa shape index (κ2) is 10.1. The van der Waals surface area contributed by atoms with Crippen molar-refractivity contribution >= 4 is 28.1 Å². The number of rotatable bonds is 6. The summed E-state index contributed by atoms with van der Waals surface area (Å²) in [5.41, 5.74) is 5.54. The normalized spacial score (nSPS) is 16.0. The van der Waals surface area contributed by atoms with Crippen molar-refractivity contribution < 1.29 is 13.9 Å². The molecule has 1 aliphatic rings. The minimum atomic E-state index is -0.354. The number of anilines is 2. The van der Waals surface area contributed by atoms with Gasteiger partial charge >= 0.3 is 5.97 Å². The van der Waals surface area contributed by atoms with Crippen molar-refractivity contribution in [3.8, 4) is 0 Å². The van der Waals surface area contributed by atoms with Crippen LogP contribution in [0.5, 0.6) is 0 Å². The zero-order valence-corrected chi connectivity index (χ0v) is 20.9. The number of hydrogen-bond donors (Lipinski definition) is 1. The number of carbonyl (C=O) groups excluding carboxylic acids is 1. The first-order valence-corrected chi connectivity index (χ1v) is 12.4. The third kappa shape index (κ3) is 4.71. The molecule has 5 rings (SSSR count). The minimum absolute atomic E-state index is 0.170. The van der Waals surface area contributed by atoms with E-state index < -0.39 is 0 Å². The fourth-order valence-corrected chi connectivity index (χ4v) is 5.28. The second-order valence-electron chi connectivity index (χ2n) is 9.64. The maximum Gasteiger partial charge on any atom is 0.338 e. The van der Waals surface area contributed by atoms with Crippen LogP contribution in [-0.2, 0) is 11.2 Å². The molecule has 0 fully saturated rings. The van der Waals surface area contributed by atoms with Crippen LogP contribution < -0.4 is 10.2 Å². The zero-order chi connectivity index (χ0) is 25.2. The lowest BCUT2D eigenvalue weighted by atomic mass is 9.91. The molecular weight excluding hydrogens is 451 g/mol. The van der Waals surface area contributed by atoms with Crippen LogP contribution in [0.2, 0.25) is 0 Å². The molecular formula is C31H31FN2O2. The van der Waals surface area contributed by atoms with Crippen molar-refractivity contribution in [3.63, 3.8) is 0 Å². The van der Waals surface area contributed by atoms with Crippen molar-refractivity contribution in [1.29, 1.82) is 0 Å². The Morgan fingerprint density at radius 2 is 1.89 bits per heavy atom. The van der Waals surface area contributed by atoms with Gasteiger partial charge in [-0.05, 0) is 84.0 Å². The molecule has 0 aromatic heterocycles. The smallest absolute Gasteiger partial charge is 0.338 e. The molecule has 0 radical (unpaired) electrons. The van der Waals surface area contributed by atoms with Gasteiger partial charge in [0.15, 0.2) is 0 Å². The molecule has 4 aromatic rings. The molecule has 1 N–H and O–H groups in total. The van der Waals surface area contributed by atoms with E-state index in [-0.39, 0.29) is 23.7 Å². The van der Waals surface area contributed by atoms with E-state index in [0.717, 1.165) is 42.0 Å². The lowest BCUT2D eigenvalue weighted by Gasteiger charge is -2.37.